The third-order valence-corrected chi connectivity index (χ3v) is 10.7. The zero-order valence-corrected chi connectivity index (χ0v) is 39.7. The van der Waals surface area contributed by atoms with Crippen molar-refractivity contribution < 1.29 is 9.84 Å². The number of methoxy groups -OCH3 is 1. The molecule has 12 heteroatoms. The Kier molecular flexibility index (Phi) is 16.5. The van der Waals surface area contributed by atoms with Crippen molar-refractivity contribution in [3.8, 4) is 34.3 Å². The second-order valence-corrected chi connectivity index (χ2v) is 22.8. The lowest BCUT2D eigenvalue weighted by atomic mass is 10.0. The normalized spacial score (nSPS) is 11.1. The molecule has 0 aliphatic heterocycles. The maximum absolute atomic E-state index is 9.88. The number of phenols is 1. The van der Waals surface area contributed by atoms with E-state index in [9.17, 15) is 5.11 Å². The van der Waals surface area contributed by atoms with Crippen LogP contribution in [0.2, 0.25) is 10.0 Å². The Balaban J connectivity index is 0.000000188. The highest BCUT2D eigenvalue weighted by Crippen LogP contribution is 2.32. The maximum atomic E-state index is 9.88. The molecule has 0 saturated heterocycles. The van der Waals surface area contributed by atoms with Crippen molar-refractivity contribution in [2.75, 3.05) is 7.11 Å². The van der Waals surface area contributed by atoms with E-state index in [4.69, 9.17) is 68.1 Å². The predicted molar refractivity (Wildman–Crippen MR) is 260 cm³/mol. The second-order valence-electron chi connectivity index (χ2n) is 15.6. The molecule has 0 aliphatic rings. The average molecular weight is 929 g/mol. The Morgan fingerprint density at radius 3 is 1.39 bits per heavy atom. The van der Waals surface area contributed by atoms with Crippen LogP contribution in [0.3, 0.4) is 0 Å². The number of phenolic OH excluding ortho intramolecular Hbond substituents is 1. The van der Waals surface area contributed by atoms with Crippen molar-refractivity contribution in [1.82, 2.24) is 19.1 Å². The predicted octanol–water partition coefficient (Wildman–Crippen LogP) is 14.6. The summed E-state index contributed by atoms with van der Waals surface area (Å²) in [6, 6.07) is 44.5. The van der Waals surface area contributed by atoms with Crippen molar-refractivity contribution in [2.45, 2.75) is 53.6 Å². The van der Waals surface area contributed by atoms with Gasteiger partial charge in [0.2, 0.25) is 0 Å². The average Bonchev–Trinajstić information content (AvgIpc) is 3.76. The highest BCUT2D eigenvalue weighted by Gasteiger charge is 2.17. The van der Waals surface area contributed by atoms with Gasteiger partial charge in [-0.25, -0.2) is 40.1 Å². The van der Waals surface area contributed by atoms with Crippen molar-refractivity contribution in [2.24, 2.45) is 11.8 Å². The van der Waals surface area contributed by atoms with Crippen molar-refractivity contribution in [1.29, 1.82) is 0 Å². The first-order valence-electron chi connectivity index (χ1n) is 20.1. The molecule has 0 radical (unpaired) electrons. The summed E-state index contributed by atoms with van der Waals surface area (Å²) in [5, 5.41) is 11.4. The molecular formula is C49H48AlCl5N4O2. The van der Waals surface area contributed by atoms with Crippen LogP contribution in [-0.4, -0.2) is 42.7 Å². The molecule has 6 aromatic carbocycles. The number of imidazole rings is 2. The van der Waals surface area contributed by atoms with Crippen LogP contribution in [0.4, 0.5) is 0 Å². The molecule has 0 amide bonds. The van der Waals surface area contributed by atoms with Crippen molar-refractivity contribution in [3.05, 3.63) is 166 Å². The van der Waals surface area contributed by atoms with Crippen LogP contribution < -0.4 is 4.74 Å². The summed E-state index contributed by atoms with van der Waals surface area (Å²) in [6.07, 6.45) is 2.14. The number of hydrogen-bond donors (Lipinski definition) is 1. The summed E-state index contributed by atoms with van der Waals surface area (Å²) in [6.45, 7) is 10.2. The van der Waals surface area contributed by atoms with Gasteiger partial charge in [-0.1, -0.05) is 136 Å². The van der Waals surface area contributed by atoms with Gasteiger partial charge in [0.1, 0.15) is 23.1 Å². The van der Waals surface area contributed by atoms with Crippen LogP contribution in [0, 0.1) is 11.8 Å². The summed E-state index contributed by atoms with van der Waals surface area (Å²) in [4.78, 5) is 9.77. The minimum Gasteiger partial charge on any atom is -0.508 e. The monoisotopic (exact) mass is 926 g/mol. The second kappa shape index (κ2) is 21.8. The molecule has 8 rings (SSSR count). The third kappa shape index (κ3) is 12.5. The van der Waals surface area contributed by atoms with Gasteiger partial charge < -0.3 is 19.0 Å². The lowest BCUT2D eigenvalue weighted by molar-refractivity contribution is 0.415. The molecule has 0 bridgehead atoms. The van der Waals surface area contributed by atoms with Gasteiger partial charge in [-0.2, -0.15) is 0 Å². The van der Waals surface area contributed by atoms with Gasteiger partial charge >= 0.3 is 11.4 Å². The Morgan fingerprint density at radius 1 is 0.574 bits per heavy atom. The molecule has 6 nitrogen and oxygen atoms in total. The Morgan fingerprint density at radius 2 is 0.984 bits per heavy atom. The Bertz CT molecular complexity index is 2680. The first-order valence-corrected chi connectivity index (χ1v) is 26.1. The third-order valence-electron chi connectivity index (χ3n) is 9.97. The molecule has 314 valence electrons. The van der Waals surface area contributed by atoms with E-state index in [2.05, 4.69) is 97.5 Å². The molecule has 61 heavy (non-hydrogen) atoms. The summed E-state index contributed by atoms with van der Waals surface area (Å²) in [5.41, 5.74) is 10.6. The van der Waals surface area contributed by atoms with Crippen LogP contribution in [0.5, 0.6) is 11.5 Å². The van der Waals surface area contributed by atoms with E-state index >= 15 is 0 Å². The molecular weight excluding hydrogens is 881 g/mol. The highest BCUT2D eigenvalue weighted by atomic mass is 35.8. The summed E-state index contributed by atoms with van der Waals surface area (Å²) < 4.78 is 9.79. The summed E-state index contributed by atoms with van der Waals surface area (Å²) in [7, 11) is 16.5. The number of halogens is 5. The number of rotatable bonds is 11. The maximum Gasteiger partial charge on any atom is 0.643 e. The molecule has 2 heterocycles. The zero-order valence-electron chi connectivity index (χ0n) is 34.8. The van der Waals surface area contributed by atoms with E-state index in [1.165, 1.54) is 11.1 Å². The fourth-order valence-electron chi connectivity index (χ4n) is 7.23. The van der Waals surface area contributed by atoms with Crippen LogP contribution in [0.1, 0.15) is 49.9 Å². The first kappa shape index (κ1) is 46.3. The Hall–Kier alpha value is -4.16. The van der Waals surface area contributed by atoms with Gasteiger partial charge in [-0.05, 0) is 83.3 Å². The fraction of sp³-hybridized carbons (Fsp3) is 0.224. The van der Waals surface area contributed by atoms with E-state index in [0.29, 0.717) is 24.9 Å². The van der Waals surface area contributed by atoms with E-state index in [1.54, 1.807) is 19.2 Å². The van der Waals surface area contributed by atoms with E-state index < -0.39 is 11.4 Å². The molecule has 0 fully saturated rings. The van der Waals surface area contributed by atoms with Gasteiger partial charge in [0.25, 0.3) is 0 Å². The van der Waals surface area contributed by atoms with Crippen LogP contribution >= 0.6 is 53.3 Å². The van der Waals surface area contributed by atoms with Gasteiger partial charge in [0.15, 0.2) is 0 Å². The summed E-state index contributed by atoms with van der Waals surface area (Å²) >= 11 is 11.1. The first-order chi connectivity index (χ1) is 29.3. The van der Waals surface area contributed by atoms with Gasteiger partial charge in [0, 0.05) is 33.3 Å². The van der Waals surface area contributed by atoms with E-state index in [1.807, 2.05) is 60.7 Å². The van der Waals surface area contributed by atoms with Gasteiger partial charge in [0.05, 0.1) is 42.3 Å². The van der Waals surface area contributed by atoms with Crippen molar-refractivity contribution in [3.63, 3.8) is 0 Å². The molecule has 0 aliphatic carbocycles. The zero-order chi connectivity index (χ0) is 43.6. The number of aromatic hydroxyl groups is 1. The smallest absolute Gasteiger partial charge is 0.508 e. The SMILES string of the molecule is CC(C)Cc1ccc(-c2nc3cc(O)ccc3n2Cc2ccccc2Cl)cc1.COc1ccc2c(c1)nc(-c1ccc(CC(C)C)cc1)n2Cc1ccccc1Cl.[Cl][Al]([Cl])[Cl]. The number of fused-ring (bicyclic) bond motifs is 2. The number of nitrogens with zero attached hydrogens (tertiary/aromatic N) is 4. The lowest BCUT2D eigenvalue weighted by Gasteiger charge is -2.12. The van der Waals surface area contributed by atoms with Crippen molar-refractivity contribution >= 4 is 86.8 Å². The Labute approximate surface area is 385 Å². The summed E-state index contributed by atoms with van der Waals surface area (Å²) in [5.74, 6) is 4.09. The van der Waals surface area contributed by atoms with Crippen LogP contribution in [-0.2, 0) is 25.9 Å². The number of ether oxygens (including phenoxy) is 1. The number of benzene rings is 6. The lowest BCUT2D eigenvalue weighted by Crippen LogP contribution is -2.03. The highest BCUT2D eigenvalue weighted by molar-refractivity contribution is 7.54. The van der Waals surface area contributed by atoms with E-state index in [-0.39, 0.29) is 5.75 Å². The molecule has 8 aromatic rings. The van der Waals surface area contributed by atoms with Gasteiger partial charge in [-0.3, -0.25) is 0 Å². The van der Waals surface area contributed by atoms with Crippen LogP contribution in [0.25, 0.3) is 44.8 Å². The largest absolute Gasteiger partial charge is 0.643 e. The quantitative estimate of drug-likeness (QED) is 0.131. The topological polar surface area (TPSA) is 65.1 Å². The molecule has 0 unspecified atom stereocenters. The molecule has 1 N–H and O–H groups in total. The molecule has 2 aromatic heterocycles. The molecule has 0 spiro atoms. The number of hydrogen-bond acceptors (Lipinski definition) is 4. The minimum atomic E-state index is -1.72. The molecule has 0 saturated carbocycles. The van der Waals surface area contributed by atoms with Gasteiger partial charge in [-0.15, -0.1) is 0 Å². The minimum absolute atomic E-state index is 0.216. The standard InChI is InChI=1S/C25H25ClN2O.C24H23ClN2O.Al.3ClH/c1-17(2)14-18-8-10-19(11-9-18)25-27-23-15-21(29-3)12-13-24(23)28(25)16-20-6-4-5-7-22(20)26;1-16(2)13-17-7-9-18(10-8-17)24-26-22-14-20(28)11-12-23(22)27(24)15-19-5-3-4-6-21(19)25;;;;/h4-13,15,17H,14,16H2,1-3H3;3-12,14,16,28H,13,15H2,1-2H3;;3*1H/q;;+3;;;/p-3. The van der Waals surface area contributed by atoms with Crippen LogP contribution in [0.15, 0.2) is 133 Å². The fourth-order valence-corrected chi connectivity index (χ4v) is 7.62. The van der Waals surface area contributed by atoms with E-state index in [0.717, 1.165) is 84.6 Å². The number of aromatic nitrogens is 4. The molecule has 0 atom stereocenters.